The van der Waals surface area contributed by atoms with Crippen LogP contribution in [0.15, 0.2) is 0 Å². The van der Waals surface area contributed by atoms with Crippen molar-refractivity contribution in [3.63, 3.8) is 0 Å². The lowest BCUT2D eigenvalue weighted by atomic mass is 10.1. The van der Waals surface area contributed by atoms with Crippen LogP contribution in [0.5, 0.6) is 0 Å². The number of unbranched alkanes of at least 4 members (excludes halogenated alkanes) is 10. The van der Waals surface area contributed by atoms with E-state index in [0.29, 0.717) is 10.5 Å². The van der Waals surface area contributed by atoms with E-state index in [1.807, 2.05) is 0 Å². The molecule has 0 aliphatic heterocycles. The Balaban J connectivity index is 3.30. The highest BCUT2D eigenvalue weighted by Gasteiger charge is 2.07. The second kappa shape index (κ2) is 19.0. The van der Waals surface area contributed by atoms with Gasteiger partial charge in [-0.05, 0) is 12.8 Å². The third-order valence-corrected chi connectivity index (χ3v) is 5.22. The highest BCUT2D eigenvalue weighted by atomic mass is 32.1. The molecular weight excluding hydrogens is 320 g/mol. The molecule has 0 aliphatic rings. The molecule has 0 amide bonds. The zero-order valence-corrected chi connectivity index (χ0v) is 17.6. The Morgan fingerprint density at radius 2 is 0.913 bits per heavy atom. The van der Waals surface area contributed by atoms with Crippen LogP contribution in [0.4, 0.5) is 0 Å². The van der Waals surface area contributed by atoms with Gasteiger partial charge in [0.2, 0.25) is 0 Å². The van der Waals surface area contributed by atoms with E-state index < -0.39 is 0 Å². The number of thiol groups is 2. The molecule has 0 rings (SSSR count). The van der Waals surface area contributed by atoms with Crippen molar-refractivity contribution < 1.29 is 4.74 Å². The van der Waals surface area contributed by atoms with E-state index in [9.17, 15) is 0 Å². The Morgan fingerprint density at radius 3 is 1.30 bits per heavy atom. The molecule has 0 radical (unpaired) electrons. The van der Waals surface area contributed by atoms with Crippen LogP contribution in [-0.2, 0) is 4.74 Å². The molecule has 0 saturated heterocycles. The molecule has 0 aromatic carbocycles. The molecule has 3 heteroatoms. The molecule has 0 aliphatic carbocycles. The predicted molar refractivity (Wildman–Crippen MR) is 112 cm³/mol. The van der Waals surface area contributed by atoms with Crippen LogP contribution in [0.2, 0.25) is 0 Å². The van der Waals surface area contributed by atoms with Crippen LogP contribution in [0.1, 0.15) is 104 Å². The van der Waals surface area contributed by atoms with Crippen molar-refractivity contribution >= 4 is 25.3 Å². The largest absolute Gasteiger partial charge is 0.379 e. The van der Waals surface area contributed by atoms with Crippen molar-refractivity contribution in [1.29, 1.82) is 0 Å². The van der Waals surface area contributed by atoms with Gasteiger partial charge < -0.3 is 4.74 Å². The first-order chi connectivity index (χ1) is 11.2. The first-order valence-corrected chi connectivity index (χ1v) is 11.2. The molecule has 0 aromatic rings. The zero-order chi connectivity index (χ0) is 17.2. The quantitative estimate of drug-likeness (QED) is 0.195. The average molecular weight is 363 g/mol. The van der Waals surface area contributed by atoms with Crippen LogP contribution >= 0.6 is 25.3 Å². The van der Waals surface area contributed by atoms with Gasteiger partial charge in [0.1, 0.15) is 0 Å². The van der Waals surface area contributed by atoms with Crippen molar-refractivity contribution in [2.45, 2.75) is 114 Å². The summed E-state index contributed by atoms with van der Waals surface area (Å²) in [6.45, 7) is 6.10. The SMILES string of the molecule is CCCCCCCCC(S)COCC(S)CCCCCCCC. The second-order valence-corrected chi connectivity index (χ2v) is 8.42. The van der Waals surface area contributed by atoms with E-state index in [2.05, 4.69) is 39.1 Å². The van der Waals surface area contributed by atoms with Gasteiger partial charge >= 0.3 is 0 Å². The Labute approximate surface area is 157 Å². The molecule has 0 saturated carbocycles. The van der Waals surface area contributed by atoms with E-state index in [0.717, 1.165) is 13.2 Å². The number of ether oxygens (including phenoxy) is 1. The molecule has 140 valence electrons. The molecule has 2 atom stereocenters. The standard InChI is InChI=1S/C20H42OS2/c1-3-5-7-9-11-13-15-19(22)17-21-18-20(23)16-14-12-10-8-6-4-2/h19-20,22-23H,3-18H2,1-2H3. The van der Waals surface area contributed by atoms with Crippen LogP contribution in [0.3, 0.4) is 0 Å². The predicted octanol–water partition coefficient (Wildman–Crippen LogP) is 7.10. The molecule has 0 N–H and O–H groups in total. The summed E-state index contributed by atoms with van der Waals surface area (Å²) in [4.78, 5) is 0. The van der Waals surface area contributed by atoms with Crippen LogP contribution in [0.25, 0.3) is 0 Å². The Kier molecular flexibility index (Phi) is 19.5. The van der Waals surface area contributed by atoms with Gasteiger partial charge in [-0.25, -0.2) is 0 Å². The first kappa shape index (κ1) is 23.7. The molecule has 0 fully saturated rings. The van der Waals surface area contributed by atoms with E-state index in [-0.39, 0.29) is 0 Å². The summed E-state index contributed by atoms with van der Waals surface area (Å²) in [7, 11) is 0. The number of hydrogen-bond donors (Lipinski definition) is 2. The van der Waals surface area contributed by atoms with Gasteiger partial charge in [0, 0.05) is 10.5 Å². The smallest absolute Gasteiger partial charge is 0.0583 e. The number of rotatable bonds is 18. The van der Waals surface area contributed by atoms with Crippen molar-refractivity contribution in [3.05, 3.63) is 0 Å². The topological polar surface area (TPSA) is 9.23 Å². The first-order valence-electron chi connectivity index (χ1n) is 10.1. The van der Waals surface area contributed by atoms with Crippen molar-refractivity contribution in [1.82, 2.24) is 0 Å². The Hall–Kier alpha value is 0.660. The fraction of sp³-hybridized carbons (Fsp3) is 1.00. The molecular formula is C20H42OS2. The van der Waals surface area contributed by atoms with Crippen LogP contribution < -0.4 is 0 Å². The molecule has 0 aromatic heterocycles. The van der Waals surface area contributed by atoms with Crippen LogP contribution in [-0.4, -0.2) is 23.7 Å². The zero-order valence-electron chi connectivity index (χ0n) is 15.8. The maximum Gasteiger partial charge on any atom is 0.0583 e. The molecule has 2 unspecified atom stereocenters. The van der Waals surface area contributed by atoms with E-state index in [4.69, 9.17) is 4.74 Å². The monoisotopic (exact) mass is 362 g/mol. The number of hydrogen-bond acceptors (Lipinski definition) is 3. The van der Waals surface area contributed by atoms with E-state index >= 15 is 0 Å². The maximum absolute atomic E-state index is 5.80. The minimum Gasteiger partial charge on any atom is -0.379 e. The molecule has 0 heterocycles. The van der Waals surface area contributed by atoms with Gasteiger partial charge in [-0.2, -0.15) is 25.3 Å². The van der Waals surface area contributed by atoms with Crippen molar-refractivity contribution in [2.75, 3.05) is 13.2 Å². The molecule has 0 bridgehead atoms. The molecule has 23 heavy (non-hydrogen) atoms. The van der Waals surface area contributed by atoms with E-state index in [1.54, 1.807) is 0 Å². The molecule has 0 spiro atoms. The summed E-state index contributed by atoms with van der Waals surface area (Å²) in [6.07, 6.45) is 18.6. The summed E-state index contributed by atoms with van der Waals surface area (Å²) in [6, 6.07) is 0. The van der Waals surface area contributed by atoms with E-state index in [1.165, 1.54) is 89.9 Å². The van der Waals surface area contributed by atoms with Gasteiger partial charge in [0.05, 0.1) is 13.2 Å². The van der Waals surface area contributed by atoms with Crippen molar-refractivity contribution in [2.24, 2.45) is 0 Å². The van der Waals surface area contributed by atoms with Gasteiger partial charge in [0.25, 0.3) is 0 Å². The maximum atomic E-state index is 5.80. The summed E-state index contributed by atoms with van der Waals surface area (Å²) in [5.74, 6) is 0. The lowest BCUT2D eigenvalue weighted by molar-refractivity contribution is 0.133. The van der Waals surface area contributed by atoms with Gasteiger partial charge in [0.15, 0.2) is 0 Å². The second-order valence-electron chi connectivity index (χ2n) is 6.96. The van der Waals surface area contributed by atoms with Gasteiger partial charge in [-0.1, -0.05) is 90.9 Å². The summed E-state index contributed by atoms with van der Waals surface area (Å²) in [5, 5.41) is 0.798. The third kappa shape index (κ3) is 18.8. The highest BCUT2D eigenvalue weighted by Crippen LogP contribution is 2.14. The fourth-order valence-corrected chi connectivity index (χ4v) is 3.40. The summed E-state index contributed by atoms with van der Waals surface area (Å²) in [5.41, 5.74) is 0. The summed E-state index contributed by atoms with van der Waals surface area (Å²) < 4.78 is 5.80. The highest BCUT2D eigenvalue weighted by molar-refractivity contribution is 7.81. The van der Waals surface area contributed by atoms with Gasteiger partial charge in [-0.15, -0.1) is 0 Å². The lowest BCUT2D eigenvalue weighted by Crippen LogP contribution is -2.15. The van der Waals surface area contributed by atoms with Crippen LogP contribution in [0, 0.1) is 0 Å². The minimum absolute atomic E-state index is 0.399. The lowest BCUT2D eigenvalue weighted by Gasteiger charge is -2.14. The Morgan fingerprint density at radius 1 is 0.565 bits per heavy atom. The third-order valence-electron chi connectivity index (χ3n) is 4.40. The fourth-order valence-electron chi connectivity index (χ4n) is 2.83. The normalized spacial score (nSPS) is 14.1. The molecule has 1 nitrogen and oxygen atoms in total. The van der Waals surface area contributed by atoms with Gasteiger partial charge in [-0.3, -0.25) is 0 Å². The minimum atomic E-state index is 0.399. The Bertz CT molecular complexity index is 202. The summed E-state index contributed by atoms with van der Waals surface area (Å²) >= 11 is 9.29. The average Bonchev–Trinajstić information content (AvgIpc) is 2.54. The van der Waals surface area contributed by atoms with Crippen molar-refractivity contribution in [3.8, 4) is 0 Å².